The molecule has 0 saturated heterocycles. The predicted octanol–water partition coefficient (Wildman–Crippen LogP) is -0.0532. The number of carboxylic acid groups (broad SMARTS) is 1. The number of esters is 1. The van der Waals surface area contributed by atoms with Gasteiger partial charge in [-0.25, -0.2) is 0 Å². The van der Waals surface area contributed by atoms with Gasteiger partial charge in [0.15, 0.2) is 0 Å². The quantitative estimate of drug-likeness (QED) is 0.595. The zero-order chi connectivity index (χ0) is 12.7. The molecular formula is C10H17NO5. The van der Waals surface area contributed by atoms with Crippen molar-refractivity contribution in [1.82, 2.24) is 0 Å². The van der Waals surface area contributed by atoms with Gasteiger partial charge in [-0.15, -0.1) is 0 Å². The highest BCUT2D eigenvalue weighted by Crippen LogP contribution is 2.08. The topological polar surface area (TPSA) is 107 Å². The lowest BCUT2D eigenvalue weighted by atomic mass is 10.0. The number of hydrogen-bond donors (Lipinski definition) is 2. The van der Waals surface area contributed by atoms with Crippen LogP contribution >= 0.6 is 0 Å². The van der Waals surface area contributed by atoms with Crippen LogP contribution in [-0.2, 0) is 19.1 Å². The van der Waals surface area contributed by atoms with E-state index in [1.165, 1.54) is 7.11 Å². The molecule has 0 rings (SSSR count). The molecule has 0 radical (unpaired) electrons. The van der Waals surface area contributed by atoms with Crippen LogP contribution in [0.1, 0.15) is 26.2 Å². The Kier molecular flexibility index (Phi) is 6.32. The Labute approximate surface area is 93.8 Å². The Morgan fingerprint density at radius 3 is 2.38 bits per heavy atom. The maximum Gasteiger partial charge on any atom is 0.320 e. The average molecular weight is 231 g/mol. The lowest BCUT2D eigenvalue weighted by Gasteiger charge is -2.09. The summed E-state index contributed by atoms with van der Waals surface area (Å²) < 4.78 is 4.47. The van der Waals surface area contributed by atoms with Crippen molar-refractivity contribution in [3.8, 4) is 0 Å². The number of methoxy groups -OCH3 is 1. The third-order valence-electron chi connectivity index (χ3n) is 2.19. The molecule has 0 fully saturated rings. The van der Waals surface area contributed by atoms with Crippen LogP contribution in [0.25, 0.3) is 0 Å². The Morgan fingerprint density at radius 2 is 1.94 bits per heavy atom. The van der Waals surface area contributed by atoms with Gasteiger partial charge in [0.25, 0.3) is 0 Å². The Hall–Kier alpha value is -1.43. The van der Waals surface area contributed by atoms with E-state index in [1.54, 1.807) is 6.92 Å². The number of Topliss-reactive ketones (excluding diaryl/α,β-unsaturated/α-hetero) is 1. The number of carbonyl (C=O) groups excluding carboxylic acids is 2. The number of carbonyl (C=O) groups is 3. The number of rotatable bonds is 7. The van der Waals surface area contributed by atoms with Gasteiger partial charge in [0.2, 0.25) is 0 Å². The molecule has 0 aromatic heterocycles. The summed E-state index contributed by atoms with van der Waals surface area (Å²) >= 11 is 0. The lowest BCUT2D eigenvalue weighted by molar-refractivity contribution is -0.146. The summed E-state index contributed by atoms with van der Waals surface area (Å²) in [5, 5.41) is 8.49. The van der Waals surface area contributed by atoms with Crippen molar-refractivity contribution in [3.05, 3.63) is 0 Å². The van der Waals surface area contributed by atoms with Crippen LogP contribution in [0.2, 0.25) is 0 Å². The lowest BCUT2D eigenvalue weighted by Crippen LogP contribution is -2.30. The molecule has 16 heavy (non-hydrogen) atoms. The van der Waals surface area contributed by atoms with Crippen LogP contribution in [0.15, 0.2) is 0 Å². The number of nitrogens with two attached hydrogens (primary N) is 1. The van der Waals surface area contributed by atoms with Crippen molar-refractivity contribution in [1.29, 1.82) is 0 Å². The summed E-state index contributed by atoms with van der Waals surface area (Å²) in [6.07, 6.45) is 0.204. The minimum atomic E-state index is -1.13. The van der Waals surface area contributed by atoms with Crippen molar-refractivity contribution < 1.29 is 24.2 Å². The van der Waals surface area contributed by atoms with E-state index < -0.39 is 23.9 Å². The van der Waals surface area contributed by atoms with Crippen molar-refractivity contribution in [2.75, 3.05) is 7.11 Å². The van der Waals surface area contributed by atoms with E-state index in [9.17, 15) is 14.4 Å². The molecule has 0 aliphatic rings. The maximum absolute atomic E-state index is 11.3. The number of carboxylic acids is 1. The van der Waals surface area contributed by atoms with Gasteiger partial charge >= 0.3 is 11.9 Å². The molecule has 3 N–H and O–H groups in total. The highest BCUT2D eigenvalue weighted by Gasteiger charge is 2.19. The van der Waals surface area contributed by atoms with Gasteiger partial charge in [-0.3, -0.25) is 14.4 Å². The molecule has 6 nitrogen and oxygen atoms in total. The molecule has 0 saturated carbocycles. The first-order chi connectivity index (χ1) is 7.38. The summed E-state index contributed by atoms with van der Waals surface area (Å²) in [4.78, 5) is 32.7. The van der Waals surface area contributed by atoms with E-state index in [0.717, 1.165) is 0 Å². The normalized spacial score (nSPS) is 13.9. The number of ether oxygens (including phenoxy) is 1. The van der Waals surface area contributed by atoms with E-state index in [1.807, 2.05) is 0 Å². The summed E-state index contributed by atoms with van der Waals surface area (Å²) in [5.74, 6) is -2.27. The fourth-order valence-corrected chi connectivity index (χ4v) is 1.17. The second-order valence-electron chi connectivity index (χ2n) is 3.65. The SMILES string of the molecule is COC(=O)C(C)CC(=O)CCC(N)C(=O)O. The minimum Gasteiger partial charge on any atom is -0.480 e. The molecule has 2 unspecified atom stereocenters. The van der Waals surface area contributed by atoms with Gasteiger partial charge < -0.3 is 15.6 Å². The molecule has 0 aromatic rings. The van der Waals surface area contributed by atoms with Gasteiger partial charge in [-0.1, -0.05) is 6.92 Å². The van der Waals surface area contributed by atoms with Gasteiger partial charge in [0.1, 0.15) is 11.8 Å². The minimum absolute atomic E-state index is 0.0546. The van der Waals surface area contributed by atoms with Crippen molar-refractivity contribution in [2.45, 2.75) is 32.2 Å². The van der Waals surface area contributed by atoms with E-state index in [2.05, 4.69) is 4.74 Å². The van der Waals surface area contributed by atoms with Gasteiger partial charge in [-0.2, -0.15) is 0 Å². The second-order valence-corrected chi connectivity index (χ2v) is 3.65. The predicted molar refractivity (Wildman–Crippen MR) is 55.6 cm³/mol. The van der Waals surface area contributed by atoms with Crippen LogP contribution in [0.3, 0.4) is 0 Å². The number of aliphatic carboxylic acids is 1. The largest absolute Gasteiger partial charge is 0.480 e. The smallest absolute Gasteiger partial charge is 0.320 e. The summed E-state index contributed by atoms with van der Waals surface area (Å²) in [6, 6.07) is -1.03. The highest BCUT2D eigenvalue weighted by molar-refractivity contribution is 5.84. The summed E-state index contributed by atoms with van der Waals surface area (Å²) in [6.45, 7) is 1.58. The standard InChI is InChI=1S/C10H17NO5/c1-6(10(15)16-2)5-7(12)3-4-8(11)9(13)14/h6,8H,3-5,11H2,1-2H3,(H,13,14). The van der Waals surface area contributed by atoms with E-state index in [0.29, 0.717) is 0 Å². The molecule has 6 heteroatoms. The van der Waals surface area contributed by atoms with E-state index in [4.69, 9.17) is 10.8 Å². The Morgan fingerprint density at radius 1 is 1.38 bits per heavy atom. The first-order valence-electron chi connectivity index (χ1n) is 4.96. The molecule has 0 bridgehead atoms. The number of hydrogen-bond acceptors (Lipinski definition) is 5. The molecular weight excluding hydrogens is 214 g/mol. The van der Waals surface area contributed by atoms with Gasteiger partial charge in [-0.05, 0) is 6.42 Å². The van der Waals surface area contributed by atoms with Crippen LogP contribution in [0, 0.1) is 5.92 Å². The van der Waals surface area contributed by atoms with Crippen molar-refractivity contribution in [3.63, 3.8) is 0 Å². The molecule has 0 aliphatic heterocycles. The van der Waals surface area contributed by atoms with Crippen LogP contribution < -0.4 is 5.73 Å². The van der Waals surface area contributed by atoms with Gasteiger partial charge in [0, 0.05) is 12.8 Å². The van der Waals surface area contributed by atoms with E-state index in [-0.39, 0.29) is 25.0 Å². The Bertz CT molecular complexity index is 276. The van der Waals surface area contributed by atoms with Crippen LogP contribution in [-0.4, -0.2) is 36.0 Å². The van der Waals surface area contributed by atoms with Crippen LogP contribution in [0.5, 0.6) is 0 Å². The summed E-state index contributed by atoms with van der Waals surface area (Å²) in [7, 11) is 1.25. The fourth-order valence-electron chi connectivity index (χ4n) is 1.17. The monoisotopic (exact) mass is 231 g/mol. The maximum atomic E-state index is 11.3. The van der Waals surface area contributed by atoms with E-state index >= 15 is 0 Å². The average Bonchev–Trinajstić information content (AvgIpc) is 2.24. The molecule has 0 heterocycles. The molecule has 0 amide bonds. The molecule has 0 aliphatic carbocycles. The van der Waals surface area contributed by atoms with Crippen molar-refractivity contribution >= 4 is 17.7 Å². The molecule has 0 spiro atoms. The zero-order valence-corrected chi connectivity index (χ0v) is 9.43. The summed E-state index contributed by atoms with van der Waals surface area (Å²) in [5.41, 5.74) is 5.24. The molecule has 0 aromatic carbocycles. The second kappa shape index (κ2) is 6.95. The van der Waals surface area contributed by atoms with Crippen LogP contribution in [0.4, 0.5) is 0 Å². The van der Waals surface area contributed by atoms with Gasteiger partial charge in [0.05, 0.1) is 13.0 Å². The molecule has 92 valence electrons. The van der Waals surface area contributed by atoms with Crippen molar-refractivity contribution in [2.24, 2.45) is 11.7 Å². The Balaban J connectivity index is 3.91. The third kappa shape index (κ3) is 5.45. The first kappa shape index (κ1) is 14.6. The fraction of sp³-hybridized carbons (Fsp3) is 0.700. The number of ketones is 1. The first-order valence-corrected chi connectivity index (χ1v) is 4.96. The zero-order valence-electron chi connectivity index (χ0n) is 9.43. The highest BCUT2D eigenvalue weighted by atomic mass is 16.5. The molecule has 2 atom stereocenters. The third-order valence-corrected chi connectivity index (χ3v) is 2.19.